The number of nitrogens with zero attached hydrogens (tertiary/aromatic N) is 3. The molecule has 30 heavy (non-hydrogen) atoms. The Morgan fingerprint density at radius 2 is 2.03 bits per heavy atom. The number of amides is 1. The summed E-state index contributed by atoms with van der Waals surface area (Å²) in [7, 11) is 1.76. The van der Waals surface area contributed by atoms with Crippen LogP contribution in [-0.2, 0) is 14.9 Å². The van der Waals surface area contributed by atoms with Crippen molar-refractivity contribution in [2.24, 2.45) is 0 Å². The van der Waals surface area contributed by atoms with Gasteiger partial charge in [-0.1, -0.05) is 0 Å². The first-order valence-corrected chi connectivity index (χ1v) is 10.6. The summed E-state index contributed by atoms with van der Waals surface area (Å²) in [6, 6.07) is 6.03. The van der Waals surface area contributed by atoms with Crippen molar-refractivity contribution in [3.8, 4) is 5.88 Å². The minimum atomic E-state index is -0.164. The molecule has 1 spiro atoms. The highest BCUT2D eigenvalue weighted by Gasteiger charge is 2.52. The maximum Gasteiger partial charge on any atom is 0.222 e. The third-order valence-corrected chi connectivity index (χ3v) is 6.75. The second-order valence-electron chi connectivity index (χ2n) is 9.00. The molecule has 2 saturated carbocycles. The lowest BCUT2D eigenvalue weighted by Gasteiger charge is -2.39. The molecule has 5 rings (SSSR count). The van der Waals surface area contributed by atoms with Crippen LogP contribution in [0.25, 0.3) is 0 Å². The van der Waals surface area contributed by atoms with Crippen molar-refractivity contribution in [1.82, 2.24) is 9.97 Å². The third kappa shape index (κ3) is 3.31. The van der Waals surface area contributed by atoms with Gasteiger partial charge in [-0.2, -0.15) is 4.98 Å². The fourth-order valence-electron chi connectivity index (χ4n) is 4.59. The summed E-state index contributed by atoms with van der Waals surface area (Å²) in [5, 5.41) is 2.80. The van der Waals surface area contributed by atoms with Crippen LogP contribution in [0.5, 0.6) is 5.88 Å². The summed E-state index contributed by atoms with van der Waals surface area (Å²) in [4.78, 5) is 23.0. The molecule has 1 aliphatic heterocycles. The fourth-order valence-corrected chi connectivity index (χ4v) is 4.59. The SMILES string of the molecule is COC1(COc2cc(C)cc(N3CC4(CC4)c4cnc(NC(C)=O)cc43)n2)CCC1. The first-order chi connectivity index (χ1) is 14.4. The maximum atomic E-state index is 11.5. The van der Waals surface area contributed by atoms with Gasteiger partial charge in [-0.15, -0.1) is 0 Å². The van der Waals surface area contributed by atoms with Gasteiger partial charge in [-0.3, -0.25) is 4.79 Å². The largest absolute Gasteiger partial charge is 0.475 e. The Hall–Kier alpha value is -2.67. The number of ether oxygens (including phenoxy) is 2. The van der Waals surface area contributed by atoms with Crippen LogP contribution in [0.4, 0.5) is 17.3 Å². The molecule has 2 aliphatic carbocycles. The van der Waals surface area contributed by atoms with Crippen LogP contribution in [0.3, 0.4) is 0 Å². The first-order valence-electron chi connectivity index (χ1n) is 10.6. The summed E-state index contributed by atoms with van der Waals surface area (Å²) in [6.45, 7) is 4.96. The smallest absolute Gasteiger partial charge is 0.222 e. The molecule has 0 bridgehead atoms. The summed E-state index contributed by atoms with van der Waals surface area (Å²) in [5.41, 5.74) is 3.42. The highest BCUT2D eigenvalue weighted by Crippen LogP contribution is 2.58. The topological polar surface area (TPSA) is 76.6 Å². The Balaban J connectivity index is 1.44. The Bertz CT molecular complexity index is 992. The van der Waals surface area contributed by atoms with E-state index in [0.717, 1.165) is 49.3 Å². The monoisotopic (exact) mass is 408 g/mol. The van der Waals surface area contributed by atoms with E-state index in [9.17, 15) is 4.79 Å². The Labute approximate surface area is 176 Å². The van der Waals surface area contributed by atoms with Gasteiger partial charge in [0.25, 0.3) is 0 Å². The van der Waals surface area contributed by atoms with Crippen LogP contribution in [0, 0.1) is 6.92 Å². The van der Waals surface area contributed by atoms with Gasteiger partial charge in [0.2, 0.25) is 11.8 Å². The molecule has 1 amide bonds. The van der Waals surface area contributed by atoms with E-state index in [1.54, 1.807) is 7.11 Å². The lowest BCUT2D eigenvalue weighted by atomic mass is 9.81. The van der Waals surface area contributed by atoms with Crippen molar-refractivity contribution in [1.29, 1.82) is 0 Å². The van der Waals surface area contributed by atoms with Gasteiger partial charge < -0.3 is 19.7 Å². The van der Waals surface area contributed by atoms with E-state index in [2.05, 4.69) is 28.2 Å². The van der Waals surface area contributed by atoms with Crippen LogP contribution in [0.1, 0.15) is 50.2 Å². The molecular formula is C23H28N4O3. The van der Waals surface area contributed by atoms with Crippen molar-refractivity contribution in [3.63, 3.8) is 0 Å². The van der Waals surface area contributed by atoms with Crippen LogP contribution in [0.2, 0.25) is 0 Å². The standard InChI is InChI=1S/C23H28N4O3/c1-15-9-20(26-21(10-15)30-14-23(29-3)5-4-6-23)27-13-22(7-8-22)17-12-24-19(11-18(17)27)25-16(2)28/h9-12H,4-8,13-14H2,1-3H3,(H,24,25,28). The van der Waals surface area contributed by atoms with Crippen LogP contribution >= 0.6 is 0 Å². The summed E-state index contributed by atoms with van der Waals surface area (Å²) >= 11 is 0. The third-order valence-electron chi connectivity index (χ3n) is 6.75. The number of carbonyl (C=O) groups is 1. The van der Waals surface area contributed by atoms with E-state index in [1.807, 2.05) is 18.3 Å². The normalized spacial score (nSPS) is 19.9. The zero-order chi connectivity index (χ0) is 20.9. The van der Waals surface area contributed by atoms with Crippen molar-refractivity contribution in [2.45, 2.75) is 57.0 Å². The van der Waals surface area contributed by atoms with Gasteiger partial charge in [-0.25, -0.2) is 4.98 Å². The summed E-state index contributed by atoms with van der Waals surface area (Å²) in [5.74, 6) is 1.94. The highest BCUT2D eigenvalue weighted by atomic mass is 16.5. The second kappa shape index (κ2) is 6.94. The molecule has 1 N–H and O–H groups in total. The van der Waals surface area contributed by atoms with Crippen molar-refractivity contribution < 1.29 is 14.3 Å². The first kappa shape index (κ1) is 19.3. The number of carbonyl (C=O) groups excluding carboxylic acids is 1. The van der Waals surface area contributed by atoms with E-state index in [4.69, 9.17) is 14.5 Å². The predicted molar refractivity (Wildman–Crippen MR) is 115 cm³/mol. The van der Waals surface area contributed by atoms with Gasteiger partial charge in [0.1, 0.15) is 23.8 Å². The molecule has 2 aromatic rings. The van der Waals surface area contributed by atoms with Gasteiger partial charge in [0.15, 0.2) is 0 Å². The fraction of sp³-hybridized carbons (Fsp3) is 0.522. The number of hydrogen-bond donors (Lipinski definition) is 1. The zero-order valence-corrected chi connectivity index (χ0v) is 17.8. The molecule has 0 radical (unpaired) electrons. The second-order valence-corrected chi connectivity index (χ2v) is 9.00. The summed E-state index contributed by atoms with van der Waals surface area (Å²) < 4.78 is 11.8. The highest BCUT2D eigenvalue weighted by molar-refractivity contribution is 5.89. The molecule has 0 saturated heterocycles. The van der Waals surface area contributed by atoms with E-state index < -0.39 is 0 Å². The molecule has 7 nitrogen and oxygen atoms in total. The number of fused-ring (bicyclic) bond motifs is 2. The van der Waals surface area contributed by atoms with E-state index in [0.29, 0.717) is 18.3 Å². The number of rotatable bonds is 6. The van der Waals surface area contributed by atoms with E-state index >= 15 is 0 Å². The predicted octanol–water partition coefficient (Wildman–Crippen LogP) is 3.87. The minimum Gasteiger partial charge on any atom is -0.475 e. The number of nitrogens with one attached hydrogen (secondary N) is 1. The van der Waals surface area contributed by atoms with Crippen molar-refractivity contribution >= 4 is 23.2 Å². The van der Waals surface area contributed by atoms with Crippen LogP contribution < -0.4 is 15.0 Å². The van der Waals surface area contributed by atoms with Crippen molar-refractivity contribution in [2.75, 3.05) is 30.5 Å². The van der Waals surface area contributed by atoms with Crippen LogP contribution in [-0.4, -0.2) is 41.7 Å². The number of hydrogen-bond acceptors (Lipinski definition) is 6. The molecule has 2 fully saturated rings. The number of anilines is 3. The van der Waals surface area contributed by atoms with E-state index in [-0.39, 0.29) is 16.9 Å². The van der Waals surface area contributed by atoms with Crippen LogP contribution in [0.15, 0.2) is 24.4 Å². The molecular weight excluding hydrogens is 380 g/mol. The van der Waals surface area contributed by atoms with Gasteiger partial charge in [-0.05, 0) is 50.7 Å². The molecule has 0 unspecified atom stereocenters. The molecule has 7 heteroatoms. The molecule has 2 aromatic heterocycles. The number of aromatic nitrogens is 2. The number of aryl methyl sites for hydroxylation is 1. The number of pyridine rings is 2. The quantitative estimate of drug-likeness (QED) is 0.782. The molecule has 158 valence electrons. The Morgan fingerprint density at radius 1 is 1.23 bits per heavy atom. The van der Waals surface area contributed by atoms with Gasteiger partial charge in [0.05, 0.1) is 5.69 Å². The Morgan fingerprint density at radius 3 is 2.67 bits per heavy atom. The average Bonchev–Trinajstić information content (AvgIpc) is 3.38. The lowest BCUT2D eigenvalue weighted by molar-refractivity contribution is -0.114. The maximum absolute atomic E-state index is 11.5. The average molecular weight is 409 g/mol. The molecule has 0 aromatic carbocycles. The molecule has 3 aliphatic rings. The molecule has 3 heterocycles. The zero-order valence-electron chi connectivity index (χ0n) is 17.8. The lowest BCUT2D eigenvalue weighted by Crippen LogP contribution is -2.44. The molecule has 0 atom stereocenters. The van der Waals surface area contributed by atoms with Gasteiger partial charge >= 0.3 is 0 Å². The Kier molecular flexibility index (Phi) is 4.47. The van der Waals surface area contributed by atoms with Crippen molar-refractivity contribution in [3.05, 3.63) is 35.5 Å². The van der Waals surface area contributed by atoms with Gasteiger partial charge in [0, 0.05) is 49.9 Å². The van der Waals surface area contributed by atoms with E-state index in [1.165, 1.54) is 18.9 Å². The minimum absolute atomic E-state index is 0.124. The summed E-state index contributed by atoms with van der Waals surface area (Å²) in [6.07, 6.45) is 7.47. The number of methoxy groups -OCH3 is 1.